The summed E-state index contributed by atoms with van der Waals surface area (Å²) < 4.78 is 0. The van der Waals surface area contributed by atoms with Crippen LogP contribution in [0.25, 0.3) is 0 Å². The first-order valence-electron chi connectivity index (χ1n) is 2.86. The van der Waals surface area contributed by atoms with Crippen LogP contribution in [0.1, 0.15) is 19.3 Å². The van der Waals surface area contributed by atoms with Gasteiger partial charge in [-0.25, -0.2) is 0 Å². The van der Waals surface area contributed by atoms with Gasteiger partial charge in [0.05, 0.1) is 6.10 Å². The number of carboxylic acids is 1. The van der Waals surface area contributed by atoms with Gasteiger partial charge in [-0.1, -0.05) is 0 Å². The average molecular weight is 131 g/mol. The van der Waals surface area contributed by atoms with Gasteiger partial charge in [0.1, 0.15) is 0 Å². The molecule has 0 amide bonds. The van der Waals surface area contributed by atoms with Gasteiger partial charge in [0.15, 0.2) is 0 Å². The monoisotopic (exact) mass is 131 g/mol. The molecule has 1 radical (unpaired) electrons. The molecule has 0 spiro atoms. The SMILES string of the molecule is [CH2]C(O)CCCC(=O)O. The van der Waals surface area contributed by atoms with Gasteiger partial charge in [-0.05, 0) is 19.8 Å². The molecule has 53 valence electrons. The summed E-state index contributed by atoms with van der Waals surface area (Å²) in [5.74, 6) is -0.823. The Balaban J connectivity index is 3.01. The summed E-state index contributed by atoms with van der Waals surface area (Å²) in [6, 6.07) is 0. The topological polar surface area (TPSA) is 57.5 Å². The molecule has 9 heavy (non-hydrogen) atoms. The highest BCUT2D eigenvalue weighted by atomic mass is 16.4. The second kappa shape index (κ2) is 4.32. The minimum absolute atomic E-state index is 0.118. The molecule has 0 aliphatic rings. The van der Waals surface area contributed by atoms with E-state index in [0.29, 0.717) is 12.8 Å². The van der Waals surface area contributed by atoms with E-state index in [4.69, 9.17) is 10.2 Å². The predicted molar refractivity (Wildman–Crippen MR) is 32.9 cm³/mol. The maximum Gasteiger partial charge on any atom is 0.303 e. The van der Waals surface area contributed by atoms with Gasteiger partial charge >= 0.3 is 5.97 Å². The lowest BCUT2D eigenvalue weighted by molar-refractivity contribution is -0.137. The van der Waals surface area contributed by atoms with Gasteiger partial charge in [-0.3, -0.25) is 4.79 Å². The first-order chi connectivity index (χ1) is 4.13. The van der Waals surface area contributed by atoms with E-state index in [9.17, 15) is 4.79 Å². The fourth-order valence-corrected chi connectivity index (χ4v) is 0.489. The van der Waals surface area contributed by atoms with Gasteiger partial charge in [0.25, 0.3) is 0 Å². The largest absolute Gasteiger partial charge is 0.481 e. The Morgan fingerprint density at radius 1 is 1.67 bits per heavy atom. The van der Waals surface area contributed by atoms with E-state index >= 15 is 0 Å². The number of rotatable bonds is 4. The van der Waals surface area contributed by atoms with Crippen LogP contribution in [0.5, 0.6) is 0 Å². The fraction of sp³-hybridized carbons (Fsp3) is 0.667. The molecule has 3 nitrogen and oxygen atoms in total. The van der Waals surface area contributed by atoms with Crippen LogP contribution in [0.3, 0.4) is 0 Å². The maximum absolute atomic E-state index is 9.88. The van der Waals surface area contributed by atoms with E-state index in [1.165, 1.54) is 0 Å². The summed E-state index contributed by atoms with van der Waals surface area (Å²) >= 11 is 0. The smallest absolute Gasteiger partial charge is 0.303 e. The second-order valence-corrected chi connectivity index (χ2v) is 1.94. The summed E-state index contributed by atoms with van der Waals surface area (Å²) in [7, 11) is 0. The second-order valence-electron chi connectivity index (χ2n) is 1.94. The van der Waals surface area contributed by atoms with Crippen LogP contribution in [0, 0.1) is 6.92 Å². The predicted octanol–water partition coefficient (Wildman–Crippen LogP) is 0.436. The van der Waals surface area contributed by atoms with E-state index in [2.05, 4.69) is 6.92 Å². The Morgan fingerprint density at radius 3 is 2.56 bits per heavy atom. The third-order valence-corrected chi connectivity index (χ3v) is 0.928. The molecule has 0 heterocycles. The van der Waals surface area contributed by atoms with Crippen molar-refractivity contribution < 1.29 is 15.0 Å². The zero-order valence-electron chi connectivity index (χ0n) is 5.21. The average Bonchev–Trinajstić information content (AvgIpc) is 1.63. The standard InChI is InChI=1S/C6H11O3/c1-5(7)3-2-4-6(8)9/h5,7H,1-4H2,(H,8,9). The van der Waals surface area contributed by atoms with Crippen molar-refractivity contribution in [1.29, 1.82) is 0 Å². The van der Waals surface area contributed by atoms with Crippen molar-refractivity contribution in [2.75, 3.05) is 0 Å². The lowest BCUT2D eigenvalue weighted by Crippen LogP contribution is -2.02. The molecule has 1 atom stereocenters. The van der Waals surface area contributed by atoms with Gasteiger partial charge in [0.2, 0.25) is 0 Å². The first-order valence-corrected chi connectivity index (χ1v) is 2.86. The molecule has 2 N–H and O–H groups in total. The van der Waals surface area contributed by atoms with Crippen molar-refractivity contribution >= 4 is 5.97 Å². The fourth-order valence-electron chi connectivity index (χ4n) is 0.489. The van der Waals surface area contributed by atoms with Crippen molar-refractivity contribution in [3.05, 3.63) is 6.92 Å². The quantitative estimate of drug-likeness (QED) is 0.582. The third kappa shape index (κ3) is 7.43. The molecule has 0 aromatic heterocycles. The number of aliphatic carboxylic acids is 1. The zero-order valence-corrected chi connectivity index (χ0v) is 5.21. The highest BCUT2D eigenvalue weighted by molar-refractivity contribution is 5.66. The molecule has 0 bridgehead atoms. The van der Waals surface area contributed by atoms with E-state index in [1.807, 2.05) is 0 Å². The molecule has 0 saturated carbocycles. The molecule has 0 rings (SSSR count). The molecular weight excluding hydrogens is 120 g/mol. The molecule has 0 aliphatic heterocycles. The number of hydrogen-bond donors (Lipinski definition) is 2. The van der Waals surface area contributed by atoms with Gasteiger partial charge in [-0.2, -0.15) is 0 Å². The Kier molecular flexibility index (Phi) is 4.05. The normalized spacial score (nSPS) is 13.1. The van der Waals surface area contributed by atoms with Crippen molar-refractivity contribution in [3.63, 3.8) is 0 Å². The van der Waals surface area contributed by atoms with E-state index in [0.717, 1.165) is 0 Å². The number of aliphatic hydroxyl groups excluding tert-OH is 1. The van der Waals surface area contributed by atoms with Crippen molar-refractivity contribution in [2.45, 2.75) is 25.4 Å². The van der Waals surface area contributed by atoms with Crippen LogP contribution >= 0.6 is 0 Å². The van der Waals surface area contributed by atoms with Crippen LogP contribution in [0.4, 0.5) is 0 Å². The minimum atomic E-state index is -0.823. The summed E-state index contributed by atoms with van der Waals surface area (Å²) in [5, 5.41) is 16.7. The molecular formula is C6H11O3. The van der Waals surface area contributed by atoms with E-state index in [-0.39, 0.29) is 6.42 Å². The molecule has 0 aromatic rings. The zero-order chi connectivity index (χ0) is 7.28. The Bertz CT molecular complexity index is 88.3. The molecule has 0 saturated heterocycles. The van der Waals surface area contributed by atoms with E-state index < -0.39 is 12.1 Å². The maximum atomic E-state index is 9.88. The van der Waals surface area contributed by atoms with Crippen LogP contribution in [0.15, 0.2) is 0 Å². The van der Waals surface area contributed by atoms with Crippen LogP contribution in [0.2, 0.25) is 0 Å². The van der Waals surface area contributed by atoms with Crippen molar-refractivity contribution in [3.8, 4) is 0 Å². The Morgan fingerprint density at radius 2 is 2.22 bits per heavy atom. The highest BCUT2D eigenvalue weighted by Gasteiger charge is 1.98. The van der Waals surface area contributed by atoms with Gasteiger partial charge in [0, 0.05) is 6.42 Å². The van der Waals surface area contributed by atoms with Gasteiger partial charge in [-0.15, -0.1) is 0 Å². The third-order valence-electron chi connectivity index (χ3n) is 0.928. The van der Waals surface area contributed by atoms with E-state index in [1.54, 1.807) is 0 Å². The number of hydrogen-bond acceptors (Lipinski definition) is 2. The highest BCUT2D eigenvalue weighted by Crippen LogP contribution is 1.98. The summed E-state index contributed by atoms with van der Waals surface area (Å²) in [6.07, 6.45) is 0.461. The molecule has 0 aliphatic carbocycles. The molecule has 3 heteroatoms. The Labute approximate surface area is 54.3 Å². The minimum Gasteiger partial charge on any atom is -0.481 e. The van der Waals surface area contributed by atoms with Crippen molar-refractivity contribution in [1.82, 2.24) is 0 Å². The van der Waals surface area contributed by atoms with Crippen LogP contribution in [-0.2, 0) is 4.79 Å². The lowest BCUT2D eigenvalue weighted by Gasteiger charge is -1.99. The Hall–Kier alpha value is -0.570. The van der Waals surface area contributed by atoms with Gasteiger partial charge < -0.3 is 10.2 Å². The molecule has 0 aromatic carbocycles. The van der Waals surface area contributed by atoms with Crippen molar-refractivity contribution in [2.24, 2.45) is 0 Å². The molecule has 0 fully saturated rings. The number of carbonyl (C=O) groups is 1. The summed E-state index contributed by atoms with van der Waals surface area (Å²) in [4.78, 5) is 9.88. The lowest BCUT2D eigenvalue weighted by atomic mass is 10.2. The summed E-state index contributed by atoms with van der Waals surface area (Å²) in [6.45, 7) is 3.30. The molecule has 1 unspecified atom stereocenters. The van der Waals surface area contributed by atoms with Crippen LogP contribution in [-0.4, -0.2) is 22.3 Å². The van der Waals surface area contributed by atoms with Crippen LogP contribution < -0.4 is 0 Å². The number of aliphatic hydroxyl groups is 1. The summed E-state index contributed by atoms with van der Waals surface area (Å²) in [5.41, 5.74) is 0. The first kappa shape index (κ1) is 8.43. The number of carboxylic acid groups (broad SMARTS) is 1.